The minimum Gasteiger partial charge on any atom is -0.411 e. The number of oxime groups is 1. The zero-order chi connectivity index (χ0) is 15.4. The maximum absolute atomic E-state index is 9.06. The van der Waals surface area contributed by atoms with Crippen molar-refractivity contribution in [1.82, 2.24) is 4.90 Å². The largest absolute Gasteiger partial charge is 0.411 e. The zero-order valence-corrected chi connectivity index (χ0v) is 12.9. The minimum absolute atomic E-state index is 0.255. The van der Waals surface area contributed by atoms with Crippen LogP contribution in [0.2, 0.25) is 0 Å². The first kappa shape index (κ1) is 14.8. The van der Waals surface area contributed by atoms with Gasteiger partial charge in [-0.3, -0.25) is 4.90 Å². The normalized spacial score (nSPS) is 17.0. The highest BCUT2D eigenvalue weighted by Crippen LogP contribution is 2.30. The molecular formula is C19H22N2O. The maximum atomic E-state index is 9.06. The van der Waals surface area contributed by atoms with Crippen molar-refractivity contribution in [3.05, 3.63) is 71.3 Å². The van der Waals surface area contributed by atoms with Crippen LogP contribution < -0.4 is 0 Å². The number of benzene rings is 2. The van der Waals surface area contributed by atoms with Gasteiger partial charge in [0.15, 0.2) is 0 Å². The van der Waals surface area contributed by atoms with Crippen LogP contribution in [-0.2, 0) is 13.0 Å². The molecule has 22 heavy (non-hydrogen) atoms. The van der Waals surface area contributed by atoms with Gasteiger partial charge in [0.1, 0.15) is 0 Å². The highest BCUT2D eigenvalue weighted by molar-refractivity contribution is 5.82. The van der Waals surface area contributed by atoms with E-state index in [0.29, 0.717) is 0 Å². The van der Waals surface area contributed by atoms with Crippen molar-refractivity contribution >= 4 is 5.71 Å². The van der Waals surface area contributed by atoms with Crippen LogP contribution in [-0.4, -0.2) is 22.4 Å². The molecule has 2 aromatic rings. The van der Waals surface area contributed by atoms with Crippen LogP contribution in [0.25, 0.3) is 0 Å². The Labute approximate surface area is 131 Å². The van der Waals surface area contributed by atoms with Gasteiger partial charge in [0.05, 0.1) is 5.71 Å². The summed E-state index contributed by atoms with van der Waals surface area (Å²) in [4.78, 5) is 2.49. The fourth-order valence-electron chi connectivity index (χ4n) is 3.24. The van der Waals surface area contributed by atoms with Crippen molar-refractivity contribution in [2.75, 3.05) is 6.54 Å². The smallest absolute Gasteiger partial charge is 0.0559 e. The Hall–Kier alpha value is -2.13. The third kappa shape index (κ3) is 3.20. The van der Waals surface area contributed by atoms with Crippen LogP contribution in [0.4, 0.5) is 0 Å². The molecule has 1 aliphatic rings. The molecule has 114 valence electrons. The molecule has 0 radical (unpaired) electrons. The monoisotopic (exact) mass is 294 g/mol. The van der Waals surface area contributed by atoms with E-state index in [2.05, 4.69) is 58.6 Å². The van der Waals surface area contributed by atoms with Gasteiger partial charge in [0, 0.05) is 25.6 Å². The van der Waals surface area contributed by atoms with Gasteiger partial charge in [-0.1, -0.05) is 59.8 Å². The number of nitrogens with zero attached hydrogens (tertiary/aromatic N) is 2. The van der Waals surface area contributed by atoms with Crippen LogP contribution in [0, 0.1) is 0 Å². The first-order valence-electron chi connectivity index (χ1n) is 7.81. The molecule has 1 atom stereocenters. The van der Waals surface area contributed by atoms with Crippen molar-refractivity contribution in [1.29, 1.82) is 0 Å². The molecule has 3 rings (SSSR count). The molecule has 0 aromatic heterocycles. The van der Waals surface area contributed by atoms with E-state index in [4.69, 9.17) is 5.21 Å². The average Bonchev–Trinajstić information content (AvgIpc) is 2.59. The van der Waals surface area contributed by atoms with Gasteiger partial charge >= 0.3 is 0 Å². The third-order valence-electron chi connectivity index (χ3n) is 4.44. The summed E-state index contributed by atoms with van der Waals surface area (Å²) in [6.07, 6.45) is 1.83. The molecule has 0 amide bonds. The summed E-state index contributed by atoms with van der Waals surface area (Å²) < 4.78 is 0. The summed E-state index contributed by atoms with van der Waals surface area (Å²) in [7, 11) is 0. The van der Waals surface area contributed by atoms with Crippen LogP contribution >= 0.6 is 0 Å². The predicted molar refractivity (Wildman–Crippen MR) is 89.3 cm³/mol. The Bertz CT molecular complexity index is 651. The van der Waals surface area contributed by atoms with Crippen LogP contribution in [0.5, 0.6) is 0 Å². The fraction of sp³-hybridized carbons (Fsp3) is 0.316. The molecule has 0 spiro atoms. The van der Waals surface area contributed by atoms with Gasteiger partial charge < -0.3 is 5.21 Å². The molecule has 1 aliphatic heterocycles. The Morgan fingerprint density at radius 3 is 2.50 bits per heavy atom. The van der Waals surface area contributed by atoms with Crippen LogP contribution in [0.1, 0.15) is 36.1 Å². The molecule has 1 heterocycles. The number of fused-ring (bicyclic) bond motifs is 1. The molecule has 0 fully saturated rings. The van der Waals surface area contributed by atoms with Crippen molar-refractivity contribution in [2.45, 2.75) is 32.4 Å². The molecule has 0 saturated carbocycles. The maximum Gasteiger partial charge on any atom is 0.0559 e. The molecule has 2 aromatic carbocycles. The summed E-state index contributed by atoms with van der Waals surface area (Å²) in [5.41, 5.74) is 4.92. The SMILES string of the molecule is C/C(C[C@H](c1ccccc1)N1CCc2ccccc2C1)=N/O. The second-order valence-electron chi connectivity index (χ2n) is 5.96. The summed E-state index contributed by atoms with van der Waals surface area (Å²) in [5.74, 6) is 0. The van der Waals surface area contributed by atoms with Crippen molar-refractivity contribution in [3.8, 4) is 0 Å². The minimum atomic E-state index is 0.255. The van der Waals surface area contributed by atoms with Gasteiger partial charge in [-0.15, -0.1) is 0 Å². The molecule has 3 heteroatoms. The summed E-state index contributed by atoms with van der Waals surface area (Å²) in [6.45, 7) is 3.87. The van der Waals surface area contributed by atoms with Crippen LogP contribution in [0.15, 0.2) is 59.8 Å². The first-order chi connectivity index (χ1) is 10.8. The Kier molecular flexibility index (Phi) is 4.54. The van der Waals surface area contributed by atoms with Gasteiger partial charge in [0.2, 0.25) is 0 Å². The van der Waals surface area contributed by atoms with Crippen molar-refractivity contribution in [3.63, 3.8) is 0 Å². The fourth-order valence-corrected chi connectivity index (χ4v) is 3.24. The summed E-state index contributed by atoms with van der Waals surface area (Å²) >= 11 is 0. The van der Waals surface area contributed by atoms with E-state index in [1.54, 1.807) is 0 Å². The van der Waals surface area contributed by atoms with Gasteiger partial charge in [0.25, 0.3) is 0 Å². The zero-order valence-electron chi connectivity index (χ0n) is 12.9. The average molecular weight is 294 g/mol. The van der Waals surface area contributed by atoms with Gasteiger partial charge in [-0.2, -0.15) is 0 Å². The van der Waals surface area contributed by atoms with Crippen molar-refractivity contribution < 1.29 is 5.21 Å². The summed E-state index contributed by atoms with van der Waals surface area (Å²) in [6, 6.07) is 19.4. The van der Waals surface area contributed by atoms with Gasteiger partial charge in [-0.05, 0) is 30.0 Å². The lowest BCUT2D eigenvalue weighted by molar-refractivity contribution is 0.182. The molecule has 3 nitrogen and oxygen atoms in total. The van der Waals surface area contributed by atoms with E-state index in [-0.39, 0.29) is 6.04 Å². The van der Waals surface area contributed by atoms with Crippen molar-refractivity contribution in [2.24, 2.45) is 5.16 Å². The van der Waals surface area contributed by atoms with E-state index in [9.17, 15) is 0 Å². The lowest BCUT2D eigenvalue weighted by atomic mass is 9.94. The molecule has 0 bridgehead atoms. The summed E-state index contributed by atoms with van der Waals surface area (Å²) in [5, 5.41) is 12.4. The topological polar surface area (TPSA) is 35.8 Å². The molecule has 1 N–H and O–H groups in total. The first-order valence-corrected chi connectivity index (χ1v) is 7.81. The van der Waals surface area contributed by atoms with E-state index in [0.717, 1.165) is 31.6 Å². The molecule has 0 aliphatic carbocycles. The number of rotatable bonds is 4. The second-order valence-corrected chi connectivity index (χ2v) is 5.96. The standard InChI is InChI=1S/C19H22N2O/c1-15(20-22)13-19(17-8-3-2-4-9-17)21-12-11-16-7-5-6-10-18(16)14-21/h2-10,19,22H,11-14H2,1H3/b20-15-/t19-/m1/s1. The quantitative estimate of drug-likeness (QED) is 0.525. The second kappa shape index (κ2) is 6.75. The van der Waals surface area contributed by atoms with Gasteiger partial charge in [-0.25, -0.2) is 0 Å². The number of hydrogen-bond acceptors (Lipinski definition) is 3. The van der Waals surface area contributed by atoms with E-state index in [1.807, 2.05) is 13.0 Å². The number of hydrogen-bond donors (Lipinski definition) is 1. The van der Waals surface area contributed by atoms with E-state index >= 15 is 0 Å². The molecular weight excluding hydrogens is 272 g/mol. The van der Waals surface area contributed by atoms with E-state index < -0.39 is 0 Å². The molecule has 0 unspecified atom stereocenters. The van der Waals surface area contributed by atoms with E-state index in [1.165, 1.54) is 16.7 Å². The molecule has 0 saturated heterocycles. The Balaban J connectivity index is 1.87. The lowest BCUT2D eigenvalue weighted by Gasteiger charge is -2.36. The highest BCUT2D eigenvalue weighted by Gasteiger charge is 2.25. The highest BCUT2D eigenvalue weighted by atomic mass is 16.4. The Morgan fingerprint density at radius 1 is 1.09 bits per heavy atom. The third-order valence-corrected chi connectivity index (χ3v) is 4.44. The van der Waals surface area contributed by atoms with Crippen LogP contribution in [0.3, 0.4) is 0 Å². The lowest BCUT2D eigenvalue weighted by Crippen LogP contribution is -2.35. The predicted octanol–water partition coefficient (Wildman–Crippen LogP) is 4.03. The Morgan fingerprint density at radius 2 is 1.77 bits per heavy atom.